The minimum atomic E-state index is -1.00. The number of imidazole rings is 1. The van der Waals surface area contributed by atoms with Gasteiger partial charge in [-0.3, -0.25) is 9.78 Å². The number of fused-ring (bicyclic) bond motifs is 1. The van der Waals surface area contributed by atoms with E-state index < -0.39 is 12.0 Å². The van der Waals surface area contributed by atoms with Crippen LogP contribution in [0, 0.1) is 0 Å². The third kappa shape index (κ3) is 6.38. The Morgan fingerprint density at radius 3 is 2.50 bits per heavy atom. The Morgan fingerprint density at radius 1 is 1.18 bits per heavy atom. The fourth-order valence-electron chi connectivity index (χ4n) is 2.06. The van der Waals surface area contributed by atoms with E-state index in [1.807, 2.05) is 30.3 Å². The first-order chi connectivity index (χ1) is 13.5. The van der Waals surface area contributed by atoms with Crippen molar-refractivity contribution >= 4 is 28.5 Å². The van der Waals surface area contributed by atoms with E-state index in [-0.39, 0.29) is 6.42 Å². The molecule has 0 aliphatic rings. The van der Waals surface area contributed by atoms with Gasteiger partial charge in [-0.2, -0.15) is 5.10 Å². The predicted molar refractivity (Wildman–Crippen MR) is 105 cm³/mol. The van der Waals surface area contributed by atoms with Gasteiger partial charge >= 0.3 is 5.97 Å². The number of nitrogens with two attached hydrogens (primary N) is 3. The summed E-state index contributed by atoms with van der Waals surface area (Å²) in [6.07, 6.45) is 6.44. The smallest absolute Gasteiger partial charge is 0.320 e. The van der Waals surface area contributed by atoms with Crippen molar-refractivity contribution in [2.24, 2.45) is 5.73 Å². The van der Waals surface area contributed by atoms with Gasteiger partial charge < -0.3 is 27.3 Å². The van der Waals surface area contributed by atoms with Gasteiger partial charge in [0.2, 0.25) is 5.95 Å². The van der Waals surface area contributed by atoms with Gasteiger partial charge in [0, 0.05) is 29.9 Å². The average molecular weight is 383 g/mol. The molecule has 3 heterocycles. The number of benzene rings is 1. The lowest BCUT2D eigenvalue weighted by atomic mass is 10.2. The van der Waals surface area contributed by atoms with E-state index in [1.54, 1.807) is 12.4 Å². The lowest BCUT2D eigenvalue weighted by Crippen LogP contribution is -2.32. The molecule has 3 aromatic heterocycles. The topological polar surface area (TPSA) is 198 Å². The van der Waals surface area contributed by atoms with Crippen molar-refractivity contribution in [1.82, 2.24) is 30.1 Å². The van der Waals surface area contributed by atoms with Crippen molar-refractivity contribution in [3.8, 4) is 0 Å². The molecule has 11 heteroatoms. The Labute approximate surface area is 160 Å². The van der Waals surface area contributed by atoms with Gasteiger partial charge in [-0.05, 0) is 12.1 Å². The molecule has 0 saturated heterocycles. The molecule has 4 aromatic rings. The number of H-pyrrole nitrogens is 2. The van der Waals surface area contributed by atoms with Crippen LogP contribution in [0.15, 0.2) is 55.4 Å². The van der Waals surface area contributed by atoms with Crippen molar-refractivity contribution in [2.45, 2.75) is 12.5 Å². The zero-order chi connectivity index (χ0) is 20.4. The fourth-order valence-corrected chi connectivity index (χ4v) is 2.06. The number of para-hydroxylation sites is 1. The van der Waals surface area contributed by atoms with E-state index in [4.69, 9.17) is 22.3 Å². The number of hydrogen-bond donors (Lipinski definition) is 6. The largest absolute Gasteiger partial charge is 0.480 e. The molecule has 9 N–H and O–H groups in total. The summed E-state index contributed by atoms with van der Waals surface area (Å²) in [6.45, 7) is 0. The number of nitrogens with zero attached hydrogens (tertiary/aromatic N) is 4. The second-order valence-corrected chi connectivity index (χ2v) is 5.52. The number of pyridine rings is 1. The van der Waals surface area contributed by atoms with E-state index in [9.17, 15) is 4.79 Å². The standard InChI is InChI=1S/C9H8N2.C6H9N3O2.C2H4N4/c10-8-5-1-3-7-4-2-6-11-9(7)8;7-5(6(10)11)1-4-2-8-3-9-4;3-2-4-1-5-6-2/h1-6H,10H2;2-3,5H,1,7H2,(H,8,9)(H,10,11);1H,(H3,3,4,5,6). The molecule has 0 spiro atoms. The highest BCUT2D eigenvalue weighted by molar-refractivity contribution is 5.88. The van der Waals surface area contributed by atoms with Crippen LogP contribution >= 0.6 is 0 Å². The number of carboxylic acid groups (broad SMARTS) is 1. The maximum atomic E-state index is 10.3. The van der Waals surface area contributed by atoms with Crippen LogP contribution in [0.3, 0.4) is 0 Å². The molecule has 146 valence electrons. The number of carboxylic acids is 1. The molecule has 1 atom stereocenters. The normalized spacial score (nSPS) is 10.9. The summed E-state index contributed by atoms with van der Waals surface area (Å²) in [5.41, 5.74) is 18.4. The molecular formula is C17H21N9O2. The lowest BCUT2D eigenvalue weighted by Gasteiger charge is -2.02. The Kier molecular flexibility index (Phi) is 7.43. The molecule has 0 saturated carbocycles. The van der Waals surface area contributed by atoms with Crippen LogP contribution < -0.4 is 17.2 Å². The second-order valence-electron chi connectivity index (χ2n) is 5.52. The van der Waals surface area contributed by atoms with Gasteiger partial charge in [0.05, 0.1) is 17.5 Å². The molecule has 1 aromatic carbocycles. The Bertz CT molecular complexity index is 966. The first-order valence-corrected chi connectivity index (χ1v) is 8.13. The highest BCUT2D eigenvalue weighted by Gasteiger charge is 2.12. The van der Waals surface area contributed by atoms with Crippen LogP contribution in [0.25, 0.3) is 10.9 Å². The first kappa shape index (κ1) is 20.3. The highest BCUT2D eigenvalue weighted by Crippen LogP contribution is 2.16. The molecule has 4 rings (SSSR count). The zero-order valence-corrected chi connectivity index (χ0v) is 14.9. The molecule has 0 radical (unpaired) electrons. The van der Waals surface area contributed by atoms with Gasteiger partial charge in [-0.15, -0.1) is 0 Å². The number of aliphatic carboxylic acids is 1. The zero-order valence-electron chi connectivity index (χ0n) is 14.9. The Balaban J connectivity index is 0.000000157. The number of nitrogens with one attached hydrogen (secondary N) is 2. The minimum Gasteiger partial charge on any atom is -0.480 e. The van der Waals surface area contributed by atoms with E-state index in [2.05, 4.69) is 30.1 Å². The number of anilines is 2. The average Bonchev–Trinajstić information content (AvgIpc) is 3.37. The molecule has 0 aliphatic heterocycles. The molecule has 28 heavy (non-hydrogen) atoms. The summed E-state index contributed by atoms with van der Waals surface area (Å²) in [4.78, 5) is 24.4. The number of carbonyl (C=O) groups is 1. The van der Waals surface area contributed by atoms with Crippen LogP contribution in [0.1, 0.15) is 5.69 Å². The van der Waals surface area contributed by atoms with E-state index in [0.717, 1.165) is 22.3 Å². The predicted octanol–water partition coefficient (Wildman–Crippen LogP) is 0.568. The molecule has 0 bridgehead atoms. The van der Waals surface area contributed by atoms with Crippen LogP contribution in [0.5, 0.6) is 0 Å². The quantitative estimate of drug-likeness (QED) is 0.274. The SMILES string of the molecule is NC(Cc1cnc[nH]1)C(=O)O.Nc1cccc2cccnc12.Nc1ncn[nH]1. The van der Waals surface area contributed by atoms with Crippen molar-refractivity contribution in [3.05, 3.63) is 61.1 Å². The van der Waals surface area contributed by atoms with Gasteiger partial charge in [-0.1, -0.05) is 18.2 Å². The van der Waals surface area contributed by atoms with Crippen LogP contribution in [-0.2, 0) is 11.2 Å². The number of aromatic amines is 2. The minimum absolute atomic E-state index is 0.287. The van der Waals surface area contributed by atoms with Gasteiger partial charge in [0.25, 0.3) is 0 Å². The maximum absolute atomic E-state index is 10.3. The fraction of sp³-hybridized carbons (Fsp3) is 0.118. The van der Waals surface area contributed by atoms with Gasteiger partial charge in [0.1, 0.15) is 12.4 Å². The Morgan fingerprint density at radius 2 is 1.96 bits per heavy atom. The summed E-state index contributed by atoms with van der Waals surface area (Å²) in [5.74, 6) is -0.644. The third-order valence-electron chi connectivity index (χ3n) is 3.41. The third-order valence-corrected chi connectivity index (χ3v) is 3.41. The van der Waals surface area contributed by atoms with E-state index >= 15 is 0 Å². The maximum Gasteiger partial charge on any atom is 0.320 e. The van der Waals surface area contributed by atoms with Crippen molar-refractivity contribution in [1.29, 1.82) is 0 Å². The molecule has 0 aliphatic carbocycles. The monoisotopic (exact) mass is 383 g/mol. The molecule has 1 unspecified atom stereocenters. The van der Waals surface area contributed by atoms with Crippen LogP contribution in [0.2, 0.25) is 0 Å². The van der Waals surface area contributed by atoms with E-state index in [1.165, 1.54) is 12.7 Å². The second kappa shape index (κ2) is 10.2. The van der Waals surface area contributed by atoms with Crippen molar-refractivity contribution in [2.75, 3.05) is 11.5 Å². The van der Waals surface area contributed by atoms with Gasteiger partial charge in [0.15, 0.2) is 0 Å². The summed E-state index contributed by atoms with van der Waals surface area (Å²) >= 11 is 0. The Hall–Kier alpha value is -3.99. The summed E-state index contributed by atoms with van der Waals surface area (Å²) in [7, 11) is 0. The van der Waals surface area contributed by atoms with Crippen molar-refractivity contribution in [3.63, 3.8) is 0 Å². The van der Waals surface area contributed by atoms with E-state index in [0.29, 0.717) is 5.95 Å². The summed E-state index contributed by atoms with van der Waals surface area (Å²) < 4.78 is 0. The summed E-state index contributed by atoms with van der Waals surface area (Å²) in [6, 6.07) is 8.84. The first-order valence-electron chi connectivity index (χ1n) is 8.13. The molecule has 0 amide bonds. The molecular weight excluding hydrogens is 362 g/mol. The van der Waals surface area contributed by atoms with Crippen LogP contribution in [-0.4, -0.2) is 47.3 Å². The summed E-state index contributed by atoms with van der Waals surface area (Å²) in [5, 5.41) is 15.4. The number of nitrogen functional groups attached to an aromatic ring is 2. The van der Waals surface area contributed by atoms with Crippen molar-refractivity contribution < 1.29 is 9.90 Å². The highest BCUT2D eigenvalue weighted by atomic mass is 16.4. The number of aromatic nitrogens is 6. The number of hydrogen-bond acceptors (Lipinski definition) is 8. The molecule has 0 fully saturated rings. The molecule has 11 nitrogen and oxygen atoms in total. The lowest BCUT2D eigenvalue weighted by molar-refractivity contribution is -0.138. The number of rotatable bonds is 3. The van der Waals surface area contributed by atoms with Crippen LogP contribution in [0.4, 0.5) is 11.6 Å². The van der Waals surface area contributed by atoms with Gasteiger partial charge in [-0.25, -0.2) is 15.1 Å².